The smallest absolute Gasteiger partial charge is 0.308 e. The van der Waals surface area contributed by atoms with Gasteiger partial charge in [0.05, 0.1) is 6.61 Å². The number of aliphatic hydroxyl groups is 4. The first kappa shape index (κ1) is 17.5. The van der Waals surface area contributed by atoms with Gasteiger partial charge in [-0.2, -0.15) is 0 Å². The molecule has 1 aromatic rings. The summed E-state index contributed by atoms with van der Waals surface area (Å²) >= 11 is 0. The Labute approximate surface area is 132 Å². The molecule has 1 aromatic carbocycles. The quantitative estimate of drug-likeness (QED) is 0.312. The van der Waals surface area contributed by atoms with Gasteiger partial charge < -0.3 is 29.9 Å². The maximum absolute atomic E-state index is 11.1. The summed E-state index contributed by atoms with van der Waals surface area (Å²) in [5.74, 6) is -0.216. The molecule has 8 nitrogen and oxygen atoms in total. The Bertz CT molecular complexity index is 577. The molecular weight excluding hydrogens is 306 g/mol. The van der Waals surface area contributed by atoms with Gasteiger partial charge >= 0.3 is 5.97 Å². The Kier molecular flexibility index (Phi) is 5.80. The highest BCUT2D eigenvalue weighted by Gasteiger charge is 2.43. The molecular formula is C15H19NO7. The van der Waals surface area contributed by atoms with E-state index in [1.807, 2.05) is 0 Å². The van der Waals surface area contributed by atoms with Gasteiger partial charge in [-0.25, -0.2) is 0 Å². The molecule has 0 bridgehead atoms. The number of nitrogens with zero attached hydrogens (tertiary/aromatic N) is 1. The van der Waals surface area contributed by atoms with E-state index in [-0.39, 0.29) is 5.75 Å². The first-order chi connectivity index (χ1) is 10.9. The minimum absolute atomic E-state index is 0.276. The summed E-state index contributed by atoms with van der Waals surface area (Å²) in [5, 5.41) is 38.7. The van der Waals surface area contributed by atoms with Crippen LogP contribution in [0.5, 0.6) is 5.75 Å². The van der Waals surface area contributed by atoms with E-state index in [4.69, 9.17) is 14.6 Å². The third-order valence-corrected chi connectivity index (χ3v) is 3.43. The lowest BCUT2D eigenvalue weighted by Gasteiger charge is -2.38. The van der Waals surface area contributed by atoms with Crippen molar-refractivity contribution in [1.82, 2.24) is 0 Å². The molecule has 0 spiro atoms. The molecule has 1 aliphatic rings. The second kappa shape index (κ2) is 7.62. The van der Waals surface area contributed by atoms with Gasteiger partial charge in [0.15, 0.2) is 6.29 Å². The van der Waals surface area contributed by atoms with Gasteiger partial charge in [0.25, 0.3) is 0 Å². The summed E-state index contributed by atoms with van der Waals surface area (Å²) in [7, 11) is 0. The zero-order chi connectivity index (χ0) is 17.0. The number of ether oxygens (including phenoxy) is 2. The highest BCUT2D eigenvalue weighted by atomic mass is 16.6. The van der Waals surface area contributed by atoms with Crippen LogP contribution in [0.4, 0.5) is 0 Å². The Hall–Kier alpha value is -1.84. The van der Waals surface area contributed by atoms with E-state index in [2.05, 4.69) is 4.99 Å². The van der Waals surface area contributed by atoms with E-state index >= 15 is 0 Å². The molecule has 0 aliphatic carbocycles. The number of hydrogen-bond donors (Lipinski definition) is 4. The number of rotatable bonds is 4. The summed E-state index contributed by atoms with van der Waals surface area (Å²) < 4.78 is 10.0. The highest BCUT2D eigenvalue weighted by Crippen LogP contribution is 2.23. The summed E-state index contributed by atoms with van der Waals surface area (Å²) in [4.78, 5) is 15.1. The van der Waals surface area contributed by atoms with Gasteiger partial charge in [0, 0.05) is 18.7 Å². The van der Waals surface area contributed by atoms with E-state index in [0.717, 1.165) is 0 Å². The average molecular weight is 325 g/mol. The molecule has 0 amide bonds. The summed E-state index contributed by atoms with van der Waals surface area (Å²) in [6.45, 7) is 0.725. The molecule has 1 heterocycles. The molecule has 2 rings (SSSR count). The van der Waals surface area contributed by atoms with Crippen molar-refractivity contribution in [3.05, 3.63) is 29.8 Å². The van der Waals surface area contributed by atoms with E-state index in [1.54, 1.807) is 24.3 Å². The van der Waals surface area contributed by atoms with Crippen LogP contribution in [-0.4, -0.2) is 69.9 Å². The van der Waals surface area contributed by atoms with Gasteiger partial charge in [-0.15, -0.1) is 0 Å². The lowest BCUT2D eigenvalue weighted by atomic mass is 9.97. The number of carbonyl (C=O) groups excluding carboxylic acids is 1. The summed E-state index contributed by atoms with van der Waals surface area (Å²) in [6.07, 6.45) is -4.05. The van der Waals surface area contributed by atoms with Crippen LogP contribution in [-0.2, 0) is 9.53 Å². The number of benzene rings is 1. The SMILES string of the molecule is CC(=O)Oc1ccccc1C=N[C@H]1C(O)O[C@H](CO)[C@@H](O)[C@@H]1O. The molecule has 1 unspecified atom stereocenters. The number of aliphatic imine (C=N–C) groups is 1. The maximum Gasteiger partial charge on any atom is 0.308 e. The monoisotopic (exact) mass is 325 g/mol. The van der Waals surface area contributed by atoms with E-state index < -0.39 is 43.2 Å². The fourth-order valence-electron chi connectivity index (χ4n) is 2.24. The molecule has 1 saturated heterocycles. The lowest BCUT2D eigenvalue weighted by molar-refractivity contribution is -0.248. The second-order valence-electron chi connectivity index (χ2n) is 5.13. The van der Waals surface area contributed by atoms with Gasteiger partial charge in [-0.3, -0.25) is 9.79 Å². The molecule has 4 N–H and O–H groups in total. The predicted octanol–water partition coefficient (Wildman–Crippen LogP) is -1.17. The molecule has 1 aliphatic heterocycles. The number of para-hydroxylation sites is 1. The molecule has 5 atom stereocenters. The van der Waals surface area contributed by atoms with Crippen molar-refractivity contribution in [3.8, 4) is 5.75 Å². The van der Waals surface area contributed by atoms with Crippen molar-refractivity contribution in [2.24, 2.45) is 4.99 Å². The van der Waals surface area contributed by atoms with Crippen LogP contribution in [0.3, 0.4) is 0 Å². The predicted molar refractivity (Wildman–Crippen MR) is 79.1 cm³/mol. The molecule has 23 heavy (non-hydrogen) atoms. The normalized spacial score (nSPS) is 31.3. The second-order valence-corrected chi connectivity index (χ2v) is 5.13. The van der Waals surface area contributed by atoms with Crippen LogP contribution in [0.2, 0.25) is 0 Å². The lowest BCUT2D eigenvalue weighted by Crippen LogP contribution is -2.57. The van der Waals surface area contributed by atoms with Crippen molar-refractivity contribution in [1.29, 1.82) is 0 Å². The zero-order valence-electron chi connectivity index (χ0n) is 12.4. The van der Waals surface area contributed by atoms with Crippen molar-refractivity contribution in [3.63, 3.8) is 0 Å². The Morgan fingerprint density at radius 1 is 1.30 bits per heavy atom. The summed E-state index contributed by atoms with van der Waals surface area (Å²) in [6, 6.07) is 5.45. The standard InChI is InChI=1S/C15H19NO7/c1-8(18)22-10-5-3-2-4-9(10)6-16-12-14(20)13(19)11(7-17)23-15(12)21/h2-6,11-15,17,19-21H,7H2,1H3/t11-,12-,13-,14-,15?/m1/s1. The van der Waals surface area contributed by atoms with E-state index in [0.29, 0.717) is 5.56 Å². The molecule has 0 saturated carbocycles. The largest absolute Gasteiger partial charge is 0.426 e. The average Bonchev–Trinajstić information content (AvgIpc) is 2.51. The molecule has 0 aromatic heterocycles. The van der Waals surface area contributed by atoms with Crippen molar-refractivity contribution < 1.29 is 34.7 Å². The van der Waals surface area contributed by atoms with E-state index in [9.17, 15) is 20.1 Å². The van der Waals surface area contributed by atoms with Gasteiger partial charge in [0.2, 0.25) is 0 Å². The van der Waals surface area contributed by atoms with Crippen LogP contribution in [0.1, 0.15) is 12.5 Å². The molecule has 1 fully saturated rings. The Morgan fingerprint density at radius 2 is 2.00 bits per heavy atom. The van der Waals surface area contributed by atoms with Crippen molar-refractivity contribution in [2.45, 2.75) is 37.6 Å². The number of aliphatic hydroxyl groups excluding tert-OH is 4. The fourth-order valence-corrected chi connectivity index (χ4v) is 2.24. The number of carbonyl (C=O) groups is 1. The molecule has 126 valence electrons. The van der Waals surface area contributed by atoms with E-state index in [1.165, 1.54) is 13.1 Å². The fraction of sp³-hybridized carbons (Fsp3) is 0.467. The number of hydrogen-bond acceptors (Lipinski definition) is 8. The first-order valence-electron chi connectivity index (χ1n) is 7.05. The van der Waals surface area contributed by atoms with Gasteiger partial charge in [-0.05, 0) is 12.1 Å². The van der Waals surface area contributed by atoms with Crippen LogP contribution in [0, 0.1) is 0 Å². The summed E-state index contributed by atoms with van der Waals surface area (Å²) in [5.41, 5.74) is 0.459. The van der Waals surface area contributed by atoms with Crippen LogP contribution in [0.25, 0.3) is 0 Å². The maximum atomic E-state index is 11.1. The Morgan fingerprint density at radius 3 is 2.65 bits per heavy atom. The zero-order valence-corrected chi connectivity index (χ0v) is 12.4. The third-order valence-electron chi connectivity index (χ3n) is 3.43. The topological polar surface area (TPSA) is 129 Å². The minimum atomic E-state index is -1.48. The van der Waals surface area contributed by atoms with Gasteiger partial charge in [-0.1, -0.05) is 12.1 Å². The van der Waals surface area contributed by atoms with Crippen molar-refractivity contribution >= 4 is 12.2 Å². The highest BCUT2D eigenvalue weighted by molar-refractivity contribution is 5.85. The van der Waals surface area contributed by atoms with Gasteiger partial charge in [0.1, 0.15) is 30.1 Å². The number of esters is 1. The van der Waals surface area contributed by atoms with Crippen LogP contribution < -0.4 is 4.74 Å². The molecule has 0 radical (unpaired) electrons. The van der Waals surface area contributed by atoms with Crippen molar-refractivity contribution in [2.75, 3.05) is 6.61 Å². The van der Waals surface area contributed by atoms with Crippen LogP contribution in [0.15, 0.2) is 29.3 Å². The Balaban J connectivity index is 2.18. The third kappa shape index (κ3) is 4.12. The molecule has 8 heteroatoms. The van der Waals surface area contributed by atoms with Crippen LogP contribution >= 0.6 is 0 Å². The minimum Gasteiger partial charge on any atom is -0.426 e. The first-order valence-corrected chi connectivity index (χ1v) is 7.05.